The van der Waals surface area contributed by atoms with Crippen LogP contribution in [0.5, 0.6) is 0 Å². The van der Waals surface area contributed by atoms with E-state index < -0.39 is 81.4 Å². The van der Waals surface area contributed by atoms with Crippen molar-refractivity contribution < 1.29 is 116 Å². The van der Waals surface area contributed by atoms with E-state index in [1.807, 2.05) is 152 Å². The van der Waals surface area contributed by atoms with Gasteiger partial charge in [0.05, 0.1) is 85.0 Å². The van der Waals surface area contributed by atoms with Crippen molar-refractivity contribution in [1.82, 2.24) is 39.9 Å². The Morgan fingerprint density at radius 1 is 0.267 bits per heavy atom. The molecule has 0 atom stereocenters. The molecule has 0 fully saturated rings. The van der Waals surface area contributed by atoms with Crippen molar-refractivity contribution in [3.8, 4) is 122 Å². The maximum atomic E-state index is 16.7. The van der Waals surface area contributed by atoms with Crippen LogP contribution in [0.4, 0.5) is 22.0 Å². The molecule has 32 heteroatoms. The Balaban J connectivity index is 0.00000734. The van der Waals surface area contributed by atoms with Crippen LogP contribution < -0.4 is 30.5 Å². The molecule has 0 spiro atoms. The molecule has 10 aromatic carbocycles. The third kappa shape index (κ3) is 19.0. The van der Waals surface area contributed by atoms with Crippen LogP contribution in [-0.4, -0.2) is 45.9 Å². The van der Waals surface area contributed by atoms with Gasteiger partial charge in [0.25, 0.3) is 0 Å². The zero-order valence-corrected chi connectivity index (χ0v) is 94.6. The van der Waals surface area contributed by atoms with Gasteiger partial charge in [-0.05, 0) is 399 Å². The zero-order valence-electron chi connectivity index (χ0n) is 84.5. The summed E-state index contributed by atoms with van der Waals surface area (Å²) in [5.74, 6) is -10.9. The number of aromatic nitrogens is 8. The molecule has 16 aromatic rings. The Kier molecular flexibility index (Phi) is 29.4. The summed E-state index contributed by atoms with van der Waals surface area (Å²) in [7, 11) is -11.5. The van der Waals surface area contributed by atoms with E-state index in [2.05, 4.69) is 77.6 Å². The Labute approximate surface area is 902 Å². The first-order valence-electron chi connectivity index (χ1n) is 47.0. The zero-order chi connectivity index (χ0) is 105. The minimum atomic E-state index is -5.76. The van der Waals surface area contributed by atoms with Gasteiger partial charge in [-0.15, -0.1) is 56.8 Å². The molecule has 0 radical (unpaired) electrons. The third-order valence-electron chi connectivity index (χ3n) is 28.4. The number of thiol groups is 1. The van der Waals surface area contributed by atoms with Crippen LogP contribution in [0.3, 0.4) is 0 Å². The van der Waals surface area contributed by atoms with Crippen molar-refractivity contribution in [2.75, 3.05) is 0 Å². The quantitative estimate of drug-likeness (QED) is 0.00905. The van der Waals surface area contributed by atoms with Crippen LogP contribution in [0, 0.1) is 154 Å². The molecule has 0 N–H and O–H groups in total. The summed E-state index contributed by atoms with van der Waals surface area (Å²) in [5, 5.41) is 32.3. The Hall–Kier alpha value is -13.1. The van der Waals surface area contributed by atoms with Gasteiger partial charge in [-0.25, -0.2) is 58.7 Å². The summed E-state index contributed by atoms with van der Waals surface area (Å²) in [6, 6.07) is 45.4. The molecular weight excluding hydrogens is 2110 g/mol. The van der Waals surface area contributed by atoms with E-state index in [4.69, 9.17) is 61.2 Å². The SMILES string of the molecule is Cc1cc(C)c(-c2c3nc(c(-c4c(F)c(F)c(F)c(F)c4F)c4ccc([n-]4)c(-c4c(C)cc(C)cc4C)c4nc(c(-c5c(C)cc(-c6cc(SOO[O-])c(-c7cc(SOO[O-])c(-c8cc(C)c(-c9c%10nc(c(-c%11c(C)c(C)cc(C)c%11C)c%11ccc([n-]%11)c(-c%11ccc(S)cc%11)c%11nc(c(-c%12c(C)c(C)cc(C)c%12C)c%12ccc9[n-]%12)C=C%11)C=C%10)c(C)c8)cc7S(=O)(=O)[O-])cc6S(=O)(=O)[O-])cc5C)c5ccc2[n-]5)C=C4)C=C3)c(C)c1.[Zn+2].[Zn+2]. The molecule has 4 aliphatic heterocycles. The molecule has 0 saturated heterocycles. The summed E-state index contributed by atoms with van der Waals surface area (Å²) in [4.78, 5) is 41.9. The predicted molar refractivity (Wildman–Crippen MR) is 571 cm³/mol. The van der Waals surface area contributed by atoms with E-state index in [0.717, 1.165) is 140 Å². The Bertz CT molecular complexity index is 9040. The van der Waals surface area contributed by atoms with E-state index >= 15 is 22.0 Å². The van der Waals surface area contributed by atoms with Crippen molar-refractivity contribution in [3.63, 3.8) is 0 Å². The Morgan fingerprint density at radius 3 is 0.820 bits per heavy atom. The molecule has 0 aliphatic carbocycles. The first kappa shape index (κ1) is 107. The second kappa shape index (κ2) is 41.3. The summed E-state index contributed by atoms with van der Waals surface area (Å²) in [6.45, 7) is 35.3. The van der Waals surface area contributed by atoms with E-state index in [0.29, 0.717) is 146 Å². The summed E-state index contributed by atoms with van der Waals surface area (Å²) >= 11 is 5.18. The minimum absolute atomic E-state index is 0. The molecule has 150 heavy (non-hydrogen) atoms. The van der Waals surface area contributed by atoms with Crippen molar-refractivity contribution in [2.45, 2.75) is 149 Å². The summed E-state index contributed by atoms with van der Waals surface area (Å²) < 4.78 is 177. The van der Waals surface area contributed by atoms with Crippen LogP contribution in [0.1, 0.15) is 146 Å². The number of benzene rings is 10. The smallest absolute Gasteiger partial charge is 0.744 e. The largest absolute Gasteiger partial charge is 2.00 e. The molecule has 0 unspecified atom stereocenters. The van der Waals surface area contributed by atoms with Crippen LogP contribution in [0.15, 0.2) is 182 Å². The monoisotopic (exact) mass is 2190 g/mol. The number of hydrogen-bond donors (Lipinski definition) is 1. The van der Waals surface area contributed by atoms with E-state index in [-0.39, 0.29) is 105 Å². The van der Waals surface area contributed by atoms with Crippen molar-refractivity contribution in [3.05, 3.63) is 333 Å². The number of hydrogen-bond acceptors (Lipinski definition) is 19. The van der Waals surface area contributed by atoms with Crippen LogP contribution in [-0.2, 0) is 77.9 Å². The number of fused-ring (bicyclic) bond motifs is 16. The molecule has 20 rings (SSSR count). The van der Waals surface area contributed by atoms with Crippen molar-refractivity contribution in [2.24, 2.45) is 0 Å². The Morgan fingerprint density at radius 2 is 0.513 bits per heavy atom. The van der Waals surface area contributed by atoms with Gasteiger partial charge in [0, 0.05) is 31.4 Å². The fourth-order valence-electron chi connectivity index (χ4n) is 21.7. The fraction of sp³-hybridized carbons (Fsp3) is 0.153. The number of halogens is 5. The topological polar surface area (TPSA) is 305 Å². The molecule has 4 aliphatic rings. The maximum Gasteiger partial charge on any atom is 2.00 e. The van der Waals surface area contributed by atoms with Crippen molar-refractivity contribution in [1.29, 1.82) is 0 Å². The van der Waals surface area contributed by atoms with Crippen LogP contribution >= 0.6 is 36.7 Å². The van der Waals surface area contributed by atoms with E-state index in [1.54, 1.807) is 74.5 Å². The molecule has 746 valence electrons. The average Bonchev–Trinajstić information content (AvgIpc) is 1.09. The van der Waals surface area contributed by atoms with Gasteiger partial charge in [-0.1, -0.05) is 132 Å². The van der Waals surface area contributed by atoms with E-state index in [1.165, 1.54) is 12.1 Å². The maximum absolute atomic E-state index is 16.7. The first-order valence-corrected chi connectivity index (χ1v) is 51.7. The molecular formula is C118H89F5N8O12S5Zn2-4. The van der Waals surface area contributed by atoms with Gasteiger partial charge in [0.1, 0.15) is 20.2 Å². The summed E-state index contributed by atoms with van der Waals surface area (Å²) in [5.41, 5.74) is 27.8. The number of nitrogens with zero attached hydrogens (tertiary/aromatic N) is 8. The third-order valence-corrected chi connectivity index (χ3v) is 31.7. The van der Waals surface area contributed by atoms with Gasteiger partial charge >= 0.3 is 39.0 Å². The standard InChI is InChI=1S/C118H93F5N8O12S5.2Zn/c1-53-39-59(7)99(60(8)40-53)106-81-27-29-85(126-81)108(86-30-28-82(127-86)107(100-61(9)41-54(2)42-62(100)10)84-34-38-94(131-84)112(93-37-33-83(106)130-93)113-114(119)116(121)118(123)117(122)115(113)120)102-65(13)47-73(48-66(102)14)76-49-96(146-143-141-133)77(52-97(76)147(134,135)136)78-50-95(145-142-140-132)75(51-98(78)148(137,138)139)72-45-63(11)101(64(12)46-72)109-87-31-35-91(128-87)110(103-67(15)55(3)43-56(4)68(103)16)89-25-23-79(124-89)105(71-19-21-74(144)22-20-71)80-24-26-90(125-80)111(92-36-32-88(109)129-92)104-69(17)57(5)44-58(6)70(104)18;;/h19-52H,1-18H3,(H5-4,124,125,126,127,128,129,130,131,132,133,134,135,136,137,138,139,144);;/q-4;2*+2/p-4. The fourth-order valence-corrected chi connectivity index (χ4v) is 24.3. The van der Waals surface area contributed by atoms with Gasteiger partial charge in [0.2, 0.25) is 5.82 Å². The summed E-state index contributed by atoms with van der Waals surface area (Å²) in [6.07, 6.45) is 14.4. The number of aryl methyl sites for hydroxylation is 14. The first-order chi connectivity index (χ1) is 70.5. The van der Waals surface area contributed by atoms with Crippen LogP contribution in [0.2, 0.25) is 0 Å². The molecule has 20 nitrogen and oxygen atoms in total. The second-order valence-corrected chi connectivity index (χ2v) is 42.7. The normalized spacial score (nSPS) is 12.3. The molecule has 0 saturated carbocycles. The molecule has 16 bridgehead atoms. The van der Waals surface area contributed by atoms with Gasteiger partial charge in [-0.3, -0.25) is 10.1 Å². The van der Waals surface area contributed by atoms with Crippen molar-refractivity contribution >= 4 is 150 Å². The molecule has 10 heterocycles. The predicted octanol–water partition coefficient (Wildman–Crippen LogP) is 27.3. The van der Waals surface area contributed by atoms with Gasteiger partial charge in [-0.2, -0.15) is 8.67 Å². The van der Waals surface area contributed by atoms with Gasteiger partial charge < -0.3 is 39.6 Å². The van der Waals surface area contributed by atoms with Gasteiger partial charge in [0.15, 0.2) is 23.3 Å². The molecule has 0 amide bonds. The minimum Gasteiger partial charge on any atom is -0.744 e. The van der Waals surface area contributed by atoms with Crippen LogP contribution in [0.25, 0.3) is 215 Å². The molecule has 6 aromatic heterocycles. The number of rotatable bonds is 19. The second-order valence-electron chi connectivity index (χ2n) is 38.0. The average molecular weight is 2200 g/mol. The van der Waals surface area contributed by atoms with E-state index in [9.17, 15) is 36.5 Å².